The van der Waals surface area contributed by atoms with Crippen molar-refractivity contribution in [3.8, 4) is 0 Å². The summed E-state index contributed by atoms with van der Waals surface area (Å²) in [6.45, 7) is 4.24. The van der Waals surface area contributed by atoms with Crippen molar-refractivity contribution in [2.45, 2.75) is 23.9 Å². The Labute approximate surface area is 205 Å². The van der Waals surface area contributed by atoms with Gasteiger partial charge in [0.1, 0.15) is 6.54 Å². The third-order valence-electron chi connectivity index (χ3n) is 7.41. The highest BCUT2D eigenvalue weighted by atomic mass is 32.2. The van der Waals surface area contributed by atoms with Crippen LogP contribution in [0.4, 0.5) is 5.13 Å². The van der Waals surface area contributed by atoms with Crippen LogP contribution >= 0.6 is 23.3 Å². The zero-order chi connectivity index (χ0) is 24.2. The van der Waals surface area contributed by atoms with Gasteiger partial charge in [0.05, 0.1) is 49.3 Å². The number of likely N-dealkylation sites (tertiary alicyclic amines) is 2. The molecule has 4 N–H and O–H groups in total. The number of quaternary nitrogens is 1. The molecule has 0 bridgehead atoms. The number of likely N-dealkylation sites (N-methyl/N-ethyl adjacent to an activating group) is 2. The Morgan fingerprint density at radius 3 is 2.85 bits per heavy atom. The van der Waals surface area contributed by atoms with Gasteiger partial charge in [0, 0.05) is 35.3 Å². The lowest BCUT2D eigenvalue weighted by Gasteiger charge is -2.53. The molecule has 0 radical (unpaired) electrons. The second kappa shape index (κ2) is 8.66. The van der Waals surface area contributed by atoms with Crippen LogP contribution < -0.4 is 16.2 Å². The van der Waals surface area contributed by atoms with Crippen molar-refractivity contribution >= 4 is 46.0 Å². The lowest BCUT2D eigenvalue weighted by molar-refractivity contribution is -0.895. The number of hydrogen-bond donors (Lipinski definition) is 3. The average Bonchev–Trinajstić information content (AvgIpc) is 3.42. The van der Waals surface area contributed by atoms with E-state index in [0.29, 0.717) is 30.8 Å². The van der Waals surface area contributed by atoms with E-state index < -0.39 is 11.9 Å². The van der Waals surface area contributed by atoms with Gasteiger partial charge in [-0.3, -0.25) is 9.69 Å². The summed E-state index contributed by atoms with van der Waals surface area (Å²) in [7, 11) is 4.39. The largest absolute Gasteiger partial charge is 0.543 e. The number of carbonyl (C=O) groups excluding carboxylic acids is 2. The van der Waals surface area contributed by atoms with Crippen molar-refractivity contribution in [3.63, 3.8) is 0 Å². The summed E-state index contributed by atoms with van der Waals surface area (Å²) in [4.78, 5) is 32.9. The topological polar surface area (TPSA) is 160 Å². The number of hydrogen-bond acceptors (Lipinski definition) is 12. The molecule has 184 valence electrons. The SMILES string of the molecule is CN1CCC2C[N+](C)(CC3=C(C(=O)[O-])N4C[C@@H](NC(=O)/C(=N\O)c5nsc(N)n5)[C@H]4SC3)CC21. The van der Waals surface area contributed by atoms with E-state index in [9.17, 15) is 19.9 Å². The van der Waals surface area contributed by atoms with Crippen LogP contribution in [0.5, 0.6) is 0 Å². The maximum Gasteiger partial charge on any atom is 0.277 e. The summed E-state index contributed by atoms with van der Waals surface area (Å²) in [5, 5.41) is 27.2. The molecule has 1 amide bonds. The van der Waals surface area contributed by atoms with E-state index in [1.165, 1.54) is 6.42 Å². The number of fused-ring (bicyclic) bond motifs is 2. The molecule has 3 saturated heterocycles. The third kappa shape index (κ3) is 4.01. The van der Waals surface area contributed by atoms with E-state index in [2.05, 4.69) is 38.8 Å². The fourth-order valence-electron chi connectivity index (χ4n) is 5.90. The molecule has 5 atom stereocenters. The van der Waals surface area contributed by atoms with Crippen molar-refractivity contribution in [1.82, 2.24) is 24.5 Å². The van der Waals surface area contributed by atoms with E-state index in [0.717, 1.165) is 41.2 Å². The van der Waals surface area contributed by atoms with Crippen molar-refractivity contribution in [2.24, 2.45) is 11.1 Å². The smallest absolute Gasteiger partial charge is 0.277 e. The summed E-state index contributed by atoms with van der Waals surface area (Å²) in [6.07, 6.45) is 1.20. The van der Waals surface area contributed by atoms with E-state index in [1.54, 1.807) is 16.7 Å². The van der Waals surface area contributed by atoms with Crippen LogP contribution in [0, 0.1) is 5.92 Å². The van der Waals surface area contributed by atoms with Gasteiger partial charge in [0.25, 0.3) is 5.91 Å². The number of nitrogens with one attached hydrogen (secondary N) is 1. The summed E-state index contributed by atoms with van der Waals surface area (Å²) in [6, 6.07) is 0.250. The van der Waals surface area contributed by atoms with Crippen molar-refractivity contribution in [1.29, 1.82) is 0 Å². The minimum absolute atomic E-state index is 0.0504. The van der Waals surface area contributed by atoms with Crippen molar-refractivity contribution in [2.75, 3.05) is 58.3 Å². The first kappa shape index (κ1) is 23.3. The number of nitrogen functional groups attached to an aromatic ring is 1. The fourth-order valence-corrected chi connectivity index (χ4v) is 7.69. The molecule has 5 rings (SSSR count). The first-order valence-corrected chi connectivity index (χ1v) is 13.0. The first-order valence-electron chi connectivity index (χ1n) is 11.2. The molecule has 0 saturated carbocycles. The Morgan fingerprint density at radius 2 is 2.21 bits per heavy atom. The Balaban J connectivity index is 1.27. The number of nitrogens with zero attached hydrogens (tertiary/aromatic N) is 6. The lowest BCUT2D eigenvalue weighted by Crippen LogP contribution is -2.68. The van der Waals surface area contributed by atoms with Gasteiger partial charge in [-0.2, -0.15) is 9.36 Å². The molecular weight excluding hydrogens is 480 g/mol. The molecular formula is C20H28N8O4S2. The second-order valence-corrected chi connectivity index (χ2v) is 11.7. The van der Waals surface area contributed by atoms with Gasteiger partial charge in [-0.1, -0.05) is 5.16 Å². The average molecular weight is 509 g/mol. The number of carbonyl (C=O) groups is 2. The van der Waals surface area contributed by atoms with E-state index in [1.807, 2.05) is 0 Å². The van der Waals surface area contributed by atoms with Crippen LogP contribution in [0.25, 0.3) is 0 Å². The predicted molar refractivity (Wildman–Crippen MR) is 125 cm³/mol. The summed E-state index contributed by atoms with van der Waals surface area (Å²) < 4.78 is 4.75. The summed E-state index contributed by atoms with van der Waals surface area (Å²) >= 11 is 2.50. The minimum atomic E-state index is -1.17. The molecule has 4 aliphatic rings. The zero-order valence-corrected chi connectivity index (χ0v) is 20.6. The fraction of sp³-hybridized carbons (Fsp3) is 0.650. The Hall–Kier alpha value is -2.42. The maximum atomic E-state index is 12.6. The number of oxime groups is 1. The highest BCUT2D eigenvalue weighted by Crippen LogP contribution is 2.41. The number of rotatable bonds is 6. The number of aliphatic carboxylic acids is 1. The van der Waals surface area contributed by atoms with Gasteiger partial charge in [0.2, 0.25) is 11.5 Å². The Kier molecular flexibility index (Phi) is 5.94. The quantitative estimate of drug-likeness (QED) is 0.169. The van der Waals surface area contributed by atoms with Crippen LogP contribution in [-0.4, -0.2) is 116 Å². The van der Waals surface area contributed by atoms with Crippen LogP contribution in [0.15, 0.2) is 16.4 Å². The third-order valence-corrected chi connectivity index (χ3v) is 9.39. The molecule has 4 aliphatic heterocycles. The number of nitrogens with two attached hydrogens (primary N) is 1. The zero-order valence-electron chi connectivity index (χ0n) is 19.0. The second-order valence-electron chi connectivity index (χ2n) is 9.82. The molecule has 12 nitrogen and oxygen atoms in total. The molecule has 14 heteroatoms. The molecule has 34 heavy (non-hydrogen) atoms. The van der Waals surface area contributed by atoms with Crippen LogP contribution in [0.2, 0.25) is 0 Å². The van der Waals surface area contributed by atoms with Gasteiger partial charge in [-0.15, -0.1) is 11.8 Å². The van der Waals surface area contributed by atoms with Gasteiger partial charge >= 0.3 is 0 Å². The van der Waals surface area contributed by atoms with Gasteiger partial charge in [-0.25, -0.2) is 0 Å². The molecule has 5 heterocycles. The van der Waals surface area contributed by atoms with E-state index in [-0.39, 0.29) is 33.8 Å². The first-order chi connectivity index (χ1) is 16.2. The molecule has 0 spiro atoms. The highest BCUT2D eigenvalue weighted by molar-refractivity contribution is 8.00. The lowest BCUT2D eigenvalue weighted by atomic mass is 10.0. The highest BCUT2D eigenvalue weighted by Gasteiger charge is 2.50. The van der Waals surface area contributed by atoms with Crippen LogP contribution in [0.3, 0.4) is 0 Å². The number of carboxylic acids is 1. The number of carboxylic acid groups (broad SMARTS) is 1. The van der Waals surface area contributed by atoms with Gasteiger partial charge < -0.3 is 35.5 Å². The number of anilines is 1. The molecule has 1 aromatic rings. The van der Waals surface area contributed by atoms with E-state index >= 15 is 0 Å². The van der Waals surface area contributed by atoms with Crippen molar-refractivity contribution < 1.29 is 24.4 Å². The molecule has 3 fully saturated rings. The monoisotopic (exact) mass is 508 g/mol. The van der Waals surface area contributed by atoms with E-state index in [4.69, 9.17) is 5.73 Å². The summed E-state index contributed by atoms with van der Waals surface area (Å²) in [5.74, 6) is -0.625. The molecule has 0 aromatic carbocycles. The molecule has 3 unspecified atom stereocenters. The predicted octanol–water partition coefficient (Wildman–Crippen LogP) is -2.04. The van der Waals surface area contributed by atoms with Crippen LogP contribution in [0.1, 0.15) is 12.2 Å². The Bertz CT molecular complexity index is 1080. The Morgan fingerprint density at radius 1 is 1.41 bits per heavy atom. The van der Waals surface area contributed by atoms with Crippen LogP contribution in [-0.2, 0) is 9.59 Å². The standard InChI is InChI=1S/C20H28N8O4S2/c1-26-4-3-10-6-28(2,8-13(10)26)7-11-9-33-18-12(5-27(18)15(11)19(30)31)22-17(29)14(24-32)16-23-20(21)34-25-16/h10,12-13,18H,3-9H2,1-2H3,(H4-,21,22,23,25,29,30,31,32)/t10?,12-,13?,18-,28?/m1/s1. The normalized spacial score (nSPS) is 33.5. The molecule has 1 aromatic heterocycles. The van der Waals surface area contributed by atoms with Gasteiger partial charge in [0.15, 0.2) is 5.13 Å². The number of thioether (sulfide) groups is 1. The van der Waals surface area contributed by atoms with Crippen molar-refractivity contribution in [3.05, 3.63) is 17.1 Å². The maximum absolute atomic E-state index is 12.6. The number of aromatic nitrogens is 2. The number of amides is 1. The van der Waals surface area contributed by atoms with Gasteiger partial charge in [-0.05, 0) is 20.0 Å². The minimum Gasteiger partial charge on any atom is -0.543 e. The summed E-state index contributed by atoms with van der Waals surface area (Å²) in [5.41, 5.74) is 6.38. The molecule has 0 aliphatic carbocycles.